The lowest BCUT2D eigenvalue weighted by atomic mass is 9.78. The van der Waals surface area contributed by atoms with Crippen LogP contribution in [0.15, 0.2) is 41.4 Å². The molecule has 2 heterocycles. The van der Waals surface area contributed by atoms with Crippen molar-refractivity contribution in [2.45, 2.75) is 53.0 Å². The van der Waals surface area contributed by atoms with Crippen LogP contribution < -0.4 is 0 Å². The summed E-state index contributed by atoms with van der Waals surface area (Å²) in [6.45, 7) is 0.125. The van der Waals surface area contributed by atoms with Crippen LogP contribution in [0.1, 0.15) is 29.7 Å². The summed E-state index contributed by atoms with van der Waals surface area (Å²) in [4.78, 5) is 16.3. The standard InChI is InChI=1S/C21H16F8N2O2S/c22-13-2-4-14(5-3-13)34(33)18-7-8-31(11-32)17(18)6-1-12-9-16(30-10-15(12)18)19(23,20(24,25)26)21(27,28)29/h2-5,9-11,17H,1,6-8H2. The molecule has 4 rings (SSSR count). The minimum absolute atomic E-state index is 0.0632. The second kappa shape index (κ2) is 7.99. The molecule has 1 aliphatic heterocycles. The summed E-state index contributed by atoms with van der Waals surface area (Å²) in [6, 6.07) is 4.32. The Balaban J connectivity index is 1.90. The number of rotatable bonds is 4. The Morgan fingerprint density at radius 1 is 1.06 bits per heavy atom. The van der Waals surface area contributed by atoms with Crippen LogP contribution in [0.2, 0.25) is 0 Å². The molecule has 3 atom stereocenters. The van der Waals surface area contributed by atoms with Gasteiger partial charge in [-0.3, -0.25) is 14.0 Å². The van der Waals surface area contributed by atoms with Crippen LogP contribution in [0.3, 0.4) is 0 Å². The zero-order chi connectivity index (χ0) is 25.1. The first-order chi connectivity index (χ1) is 15.8. The van der Waals surface area contributed by atoms with E-state index in [1.165, 1.54) is 17.0 Å². The van der Waals surface area contributed by atoms with E-state index >= 15 is 0 Å². The van der Waals surface area contributed by atoms with E-state index < -0.39 is 51.1 Å². The van der Waals surface area contributed by atoms with Gasteiger partial charge in [-0.15, -0.1) is 0 Å². The molecule has 2 aromatic rings. The molecule has 0 bridgehead atoms. The third-order valence-corrected chi connectivity index (χ3v) is 8.50. The van der Waals surface area contributed by atoms with E-state index in [0.717, 1.165) is 12.1 Å². The van der Waals surface area contributed by atoms with E-state index in [9.17, 15) is 44.1 Å². The number of alkyl halides is 7. The van der Waals surface area contributed by atoms with Crippen molar-refractivity contribution >= 4 is 17.2 Å². The molecule has 0 radical (unpaired) electrons. The SMILES string of the molecule is O=CN1CCC2(S(=O)c3ccc(F)cc3)c3cnc(C(F)(C(F)(F)F)C(F)(F)F)cc3CCC12. The zero-order valence-electron chi connectivity index (χ0n) is 17.1. The quantitative estimate of drug-likeness (QED) is 0.441. The number of amides is 1. The average molecular weight is 512 g/mol. The first-order valence-electron chi connectivity index (χ1n) is 9.98. The monoisotopic (exact) mass is 512 g/mol. The summed E-state index contributed by atoms with van der Waals surface area (Å²) in [5, 5.41) is 0. The minimum Gasteiger partial charge on any atom is -0.340 e. The van der Waals surface area contributed by atoms with Gasteiger partial charge in [-0.05, 0) is 60.7 Å². The van der Waals surface area contributed by atoms with E-state index in [2.05, 4.69) is 4.98 Å². The average Bonchev–Trinajstić information content (AvgIpc) is 3.16. The molecule has 1 fully saturated rings. The third-order valence-electron chi connectivity index (χ3n) is 6.44. The van der Waals surface area contributed by atoms with E-state index in [4.69, 9.17) is 0 Å². The van der Waals surface area contributed by atoms with Gasteiger partial charge in [-0.2, -0.15) is 26.3 Å². The summed E-state index contributed by atoms with van der Waals surface area (Å²) < 4.78 is 120. The third kappa shape index (κ3) is 3.42. The Labute approximate surface area is 190 Å². The fraction of sp³-hybridized carbons (Fsp3) is 0.429. The lowest BCUT2D eigenvalue weighted by Gasteiger charge is -2.41. The molecule has 13 heteroatoms. The van der Waals surface area contributed by atoms with Crippen LogP contribution in [0, 0.1) is 5.82 Å². The fourth-order valence-electron chi connectivity index (χ4n) is 4.83. The Morgan fingerprint density at radius 2 is 1.68 bits per heavy atom. The number of fused-ring (bicyclic) bond motifs is 3. The van der Waals surface area contributed by atoms with E-state index in [1.54, 1.807) is 0 Å². The summed E-state index contributed by atoms with van der Waals surface area (Å²) in [7, 11) is -2.00. The second-order valence-electron chi connectivity index (χ2n) is 8.14. The number of carbonyl (C=O) groups excluding carboxylic acids is 1. The molecule has 0 saturated carbocycles. The fourth-order valence-corrected chi connectivity index (χ4v) is 6.79. The first-order valence-corrected chi connectivity index (χ1v) is 11.1. The van der Waals surface area contributed by atoms with E-state index in [1.807, 2.05) is 0 Å². The van der Waals surface area contributed by atoms with Gasteiger partial charge in [0.05, 0.1) is 27.3 Å². The number of aryl methyl sites for hydroxylation is 1. The molecule has 1 aromatic carbocycles. The maximum atomic E-state index is 14.6. The molecule has 3 unspecified atom stereocenters. The highest BCUT2D eigenvalue weighted by Crippen LogP contribution is 2.55. The molecule has 1 amide bonds. The highest BCUT2D eigenvalue weighted by molar-refractivity contribution is 7.86. The molecule has 1 saturated heterocycles. The number of pyridine rings is 1. The maximum absolute atomic E-state index is 14.6. The zero-order valence-corrected chi connectivity index (χ0v) is 17.9. The maximum Gasteiger partial charge on any atom is 0.437 e. The Hall–Kier alpha value is -2.57. The summed E-state index contributed by atoms with van der Waals surface area (Å²) >= 11 is 0. The van der Waals surface area contributed by atoms with Crippen molar-refractivity contribution < 1.29 is 44.1 Å². The minimum atomic E-state index is -6.32. The van der Waals surface area contributed by atoms with Gasteiger partial charge in [0.15, 0.2) is 0 Å². The van der Waals surface area contributed by atoms with Crippen LogP contribution in [0.5, 0.6) is 0 Å². The second-order valence-corrected chi connectivity index (χ2v) is 9.88. The molecular formula is C21H16F8N2O2S. The lowest BCUT2D eigenvalue weighted by Crippen LogP contribution is -2.52. The van der Waals surface area contributed by atoms with Crippen molar-refractivity contribution in [3.8, 4) is 0 Å². The summed E-state index contributed by atoms with van der Waals surface area (Å²) in [6.07, 6.45) is -11.4. The Bertz CT molecular complexity index is 1120. The van der Waals surface area contributed by atoms with Crippen molar-refractivity contribution in [1.29, 1.82) is 0 Å². The predicted molar refractivity (Wildman–Crippen MR) is 103 cm³/mol. The number of hydrogen-bond acceptors (Lipinski definition) is 3. The van der Waals surface area contributed by atoms with Crippen LogP contribution in [-0.4, -0.2) is 45.4 Å². The highest BCUT2D eigenvalue weighted by atomic mass is 32.2. The topological polar surface area (TPSA) is 50.3 Å². The van der Waals surface area contributed by atoms with Crippen molar-refractivity contribution in [2.24, 2.45) is 0 Å². The van der Waals surface area contributed by atoms with Gasteiger partial charge in [0, 0.05) is 17.6 Å². The molecule has 1 aliphatic carbocycles. The van der Waals surface area contributed by atoms with Gasteiger partial charge >= 0.3 is 18.0 Å². The Morgan fingerprint density at radius 3 is 2.24 bits per heavy atom. The lowest BCUT2D eigenvalue weighted by molar-refractivity contribution is -0.350. The van der Waals surface area contributed by atoms with Gasteiger partial charge in [-0.1, -0.05) is 0 Å². The van der Waals surface area contributed by atoms with E-state index in [0.29, 0.717) is 18.7 Å². The normalized spacial score (nSPS) is 23.9. The smallest absolute Gasteiger partial charge is 0.340 e. The molecule has 184 valence electrons. The largest absolute Gasteiger partial charge is 0.437 e. The molecular weight excluding hydrogens is 496 g/mol. The predicted octanol–water partition coefficient (Wildman–Crippen LogP) is 4.69. The molecule has 0 N–H and O–H groups in total. The van der Waals surface area contributed by atoms with Gasteiger partial charge in [0.1, 0.15) is 5.82 Å². The van der Waals surface area contributed by atoms with Crippen molar-refractivity contribution in [2.75, 3.05) is 6.54 Å². The van der Waals surface area contributed by atoms with Crippen molar-refractivity contribution in [1.82, 2.24) is 9.88 Å². The van der Waals surface area contributed by atoms with Crippen LogP contribution in [0.4, 0.5) is 35.1 Å². The first kappa shape index (κ1) is 24.6. The molecule has 4 nitrogen and oxygen atoms in total. The van der Waals surface area contributed by atoms with Gasteiger partial charge in [-0.25, -0.2) is 8.78 Å². The number of halogens is 8. The number of hydrogen-bond donors (Lipinski definition) is 0. The highest BCUT2D eigenvalue weighted by Gasteiger charge is 2.74. The van der Waals surface area contributed by atoms with Crippen molar-refractivity contribution in [3.05, 3.63) is 59.2 Å². The van der Waals surface area contributed by atoms with Gasteiger partial charge in [0.25, 0.3) is 0 Å². The number of aromatic nitrogens is 1. The summed E-state index contributed by atoms with van der Waals surface area (Å²) in [5.74, 6) is -0.607. The van der Waals surface area contributed by atoms with Gasteiger partial charge in [0.2, 0.25) is 6.41 Å². The van der Waals surface area contributed by atoms with Gasteiger partial charge < -0.3 is 4.90 Å². The van der Waals surface area contributed by atoms with Crippen LogP contribution in [0.25, 0.3) is 0 Å². The van der Waals surface area contributed by atoms with Crippen molar-refractivity contribution in [3.63, 3.8) is 0 Å². The molecule has 0 spiro atoms. The van der Waals surface area contributed by atoms with Crippen LogP contribution in [-0.2, 0) is 32.4 Å². The van der Waals surface area contributed by atoms with Crippen LogP contribution >= 0.6 is 0 Å². The number of carbonyl (C=O) groups is 1. The van der Waals surface area contributed by atoms with E-state index in [-0.39, 0.29) is 41.8 Å². The Kier molecular flexibility index (Phi) is 5.77. The molecule has 2 aliphatic rings. The molecule has 34 heavy (non-hydrogen) atoms. The molecule has 1 aromatic heterocycles. The number of nitrogens with zero attached hydrogens (tertiary/aromatic N) is 2. The number of benzene rings is 1. The summed E-state index contributed by atoms with van der Waals surface area (Å²) in [5.41, 5.74) is -7.55. The number of likely N-dealkylation sites (tertiary alicyclic amines) is 1.